The fourth-order valence-corrected chi connectivity index (χ4v) is 0. The monoisotopic (exact) mass is 182 g/mol. The van der Waals surface area contributed by atoms with Crippen molar-refractivity contribution < 1.29 is 19.3 Å². The topological polar surface area (TPSA) is 119 Å². The van der Waals surface area contributed by atoms with E-state index in [-0.39, 0.29) is 6.61 Å². The molecule has 0 aliphatic rings. The third-order valence-corrected chi connectivity index (χ3v) is 0. The Kier molecular flexibility index (Phi) is 304. The fourth-order valence-electron chi connectivity index (χ4n) is 0. The van der Waals surface area contributed by atoms with Gasteiger partial charge in [-0.3, -0.25) is 0 Å². The number of isocyanates is 2. The first-order valence-electron chi connectivity index (χ1n) is 2.22. The largest absolute Gasteiger partial charge is 0.397 e. The zero-order valence-electron chi connectivity index (χ0n) is 6.09. The lowest BCUT2D eigenvalue weighted by Crippen LogP contribution is -1.57. The summed E-state index contributed by atoms with van der Waals surface area (Å²) in [7, 11) is 0.611. The molecule has 0 saturated heterocycles. The first-order chi connectivity index (χ1) is 5.24. The van der Waals surface area contributed by atoms with Crippen molar-refractivity contribution in [2.75, 3.05) is 6.61 Å². The Morgan fingerprint density at radius 3 is 1.27 bits per heavy atom. The molecule has 0 rings (SSSR count). The molecule has 0 radical (unpaired) electrons. The van der Waals surface area contributed by atoms with Crippen molar-refractivity contribution in [3.05, 3.63) is 0 Å². The summed E-state index contributed by atoms with van der Waals surface area (Å²) < 4.78 is 8.28. The third-order valence-electron chi connectivity index (χ3n) is 0. The molecule has 1 unspecified atom stereocenters. The molecule has 0 fully saturated rings. The van der Waals surface area contributed by atoms with E-state index in [9.17, 15) is 0 Å². The molecule has 0 saturated carbocycles. The molecule has 0 amide bonds. The number of hydrogen-bond donors (Lipinski definition) is 3. The standard InChI is InChI=1S/C2H6O.2CHNO.H3OP/c1-2-3;2*2-1-3;1-2/h3H,2H2,1H3;2*2H;2H3. The van der Waals surface area contributed by atoms with Crippen LogP contribution in [0.3, 0.4) is 0 Å². The summed E-state index contributed by atoms with van der Waals surface area (Å²) >= 11 is 0. The Morgan fingerprint density at radius 1 is 1.27 bits per heavy atom. The average molecular weight is 182 g/mol. The molecule has 0 bridgehead atoms. The van der Waals surface area contributed by atoms with Crippen LogP contribution in [0.5, 0.6) is 0 Å². The number of aliphatic hydroxyl groups is 1. The number of nitrogens with one attached hydrogen (secondary N) is 2. The van der Waals surface area contributed by atoms with Gasteiger partial charge in [0, 0.05) is 6.61 Å². The van der Waals surface area contributed by atoms with Gasteiger partial charge < -0.3 is 9.67 Å². The van der Waals surface area contributed by atoms with Crippen molar-refractivity contribution >= 4 is 21.3 Å². The summed E-state index contributed by atoms with van der Waals surface area (Å²) in [5.41, 5.74) is 0. The summed E-state index contributed by atoms with van der Waals surface area (Å²) in [6.45, 7) is 1.93. The molecular formula is C4H11N2O4P. The lowest BCUT2D eigenvalue weighted by Gasteiger charge is -1.52. The van der Waals surface area contributed by atoms with Crippen molar-refractivity contribution in [3.8, 4) is 0 Å². The van der Waals surface area contributed by atoms with Crippen molar-refractivity contribution in [1.82, 2.24) is 0 Å². The van der Waals surface area contributed by atoms with Gasteiger partial charge in [0.2, 0.25) is 12.2 Å². The minimum atomic E-state index is 0.250. The number of aliphatic hydroxyl groups excluding tert-OH is 1. The van der Waals surface area contributed by atoms with Crippen LogP contribution in [0.25, 0.3) is 0 Å². The molecule has 0 aromatic rings. The van der Waals surface area contributed by atoms with Gasteiger partial charge >= 0.3 is 0 Å². The van der Waals surface area contributed by atoms with Crippen molar-refractivity contribution in [2.24, 2.45) is 0 Å². The summed E-state index contributed by atoms with van der Waals surface area (Å²) in [6.07, 6.45) is 1.50. The van der Waals surface area contributed by atoms with Gasteiger partial charge in [-0.2, -0.15) is 0 Å². The molecule has 0 aliphatic heterocycles. The second kappa shape index (κ2) is 149. The Bertz CT molecular complexity index is 94.7. The third kappa shape index (κ3) is 392. The fraction of sp³-hybridized carbons (Fsp3) is 0.500. The Balaban J connectivity index is -0.0000000301. The highest BCUT2D eigenvalue weighted by Gasteiger charge is 1.34. The van der Waals surface area contributed by atoms with Crippen LogP contribution in [-0.4, -0.2) is 23.9 Å². The quantitative estimate of drug-likeness (QED) is 0.271. The molecule has 7 heteroatoms. The van der Waals surface area contributed by atoms with Gasteiger partial charge in [0.05, 0.1) is 9.12 Å². The molecule has 0 heterocycles. The molecule has 66 valence electrons. The summed E-state index contributed by atoms with van der Waals surface area (Å²) in [5, 5.41) is 18.4. The Morgan fingerprint density at radius 2 is 1.27 bits per heavy atom. The van der Waals surface area contributed by atoms with Crippen molar-refractivity contribution in [3.63, 3.8) is 0 Å². The van der Waals surface area contributed by atoms with Gasteiger partial charge in [-0.1, -0.05) is 0 Å². The van der Waals surface area contributed by atoms with Crippen LogP contribution in [0.2, 0.25) is 0 Å². The maximum Gasteiger partial charge on any atom is 0.231 e. The second-order valence-corrected chi connectivity index (χ2v) is 0.520. The summed E-state index contributed by atoms with van der Waals surface area (Å²) in [6, 6.07) is 0. The highest BCUT2D eigenvalue weighted by Crippen LogP contribution is 1.30. The molecule has 0 spiro atoms. The lowest BCUT2D eigenvalue weighted by molar-refractivity contribution is 0.318. The van der Waals surface area contributed by atoms with E-state index >= 15 is 0 Å². The van der Waals surface area contributed by atoms with Gasteiger partial charge in [0.1, 0.15) is 0 Å². The second-order valence-electron chi connectivity index (χ2n) is 0.520. The smallest absolute Gasteiger partial charge is 0.231 e. The predicted octanol–water partition coefficient (Wildman–Crippen LogP) is -0.260. The van der Waals surface area contributed by atoms with Gasteiger partial charge in [0.25, 0.3) is 0 Å². The van der Waals surface area contributed by atoms with Gasteiger partial charge in [-0.15, -0.1) is 0 Å². The minimum Gasteiger partial charge on any atom is -0.397 e. The first kappa shape index (κ1) is 22.5. The summed E-state index contributed by atoms with van der Waals surface area (Å²) in [4.78, 5) is 16.7. The van der Waals surface area contributed by atoms with Crippen molar-refractivity contribution in [2.45, 2.75) is 6.92 Å². The Hall–Kier alpha value is -1.05. The van der Waals surface area contributed by atoms with Crippen LogP contribution in [-0.2, 0) is 14.2 Å². The minimum absolute atomic E-state index is 0.250. The molecule has 0 aliphatic carbocycles. The number of rotatable bonds is 0. The highest BCUT2D eigenvalue weighted by molar-refractivity contribution is 7.00. The van der Waals surface area contributed by atoms with Crippen LogP contribution < -0.4 is 0 Å². The maximum atomic E-state index is 8.35. The van der Waals surface area contributed by atoms with E-state index in [1.165, 1.54) is 0 Å². The van der Waals surface area contributed by atoms with E-state index in [0.717, 1.165) is 12.2 Å². The van der Waals surface area contributed by atoms with Crippen LogP contribution in [0.4, 0.5) is 0 Å². The van der Waals surface area contributed by atoms with Gasteiger partial charge in [-0.25, -0.2) is 20.4 Å². The van der Waals surface area contributed by atoms with E-state index in [0.29, 0.717) is 9.12 Å². The zero-order chi connectivity index (χ0) is 10.1. The molecule has 0 aromatic heterocycles. The van der Waals surface area contributed by atoms with E-state index in [4.69, 9.17) is 30.1 Å². The number of carbonyl (C=O) groups excluding carboxylic acids is 2. The van der Waals surface area contributed by atoms with E-state index in [2.05, 4.69) is 0 Å². The molecule has 1 atom stereocenters. The average Bonchev–Trinajstić information content (AvgIpc) is 1.96. The summed E-state index contributed by atoms with van der Waals surface area (Å²) in [5.74, 6) is 0. The van der Waals surface area contributed by atoms with Crippen LogP contribution in [0.15, 0.2) is 0 Å². The highest BCUT2D eigenvalue weighted by atomic mass is 31.0. The van der Waals surface area contributed by atoms with Crippen LogP contribution in [0, 0.1) is 10.8 Å². The lowest BCUT2D eigenvalue weighted by atomic mass is 10.9. The number of hydrogen-bond acceptors (Lipinski definition) is 6. The molecule has 3 N–H and O–H groups in total. The zero-order valence-corrected chi connectivity index (χ0v) is 7.50. The van der Waals surface area contributed by atoms with E-state index in [1.807, 2.05) is 0 Å². The molecule has 0 aromatic carbocycles. The van der Waals surface area contributed by atoms with Gasteiger partial charge in [-0.05, 0) is 6.92 Å². The van der Waals surface area contributed by atoms with E-state index < -0.39 is 0 Å². The van der Waals surface area contributed by atoms with E-state index in [1.54, 1.807) is 6.92 Å². The molecule has 6 nitrogen and oxygen atoms in total. The molecular weight excluding hydrogens is 171 g/mol. The van der Waals surface area contributed by atoms with Crippen molar-refractivity contribution in [1.29, 1.82) is 10.8 Å². The predicted molar refractivity (Wildman–Crippen MR) is 41.4 cm³/mol. The van der Waals surface area contributed by atoms with Gasteiger partial charge in [0.15, 0.2) is 0 Å². The van der Waals surface area contributed by atoms with Crippen LogP contribution in [0.1, 0.15) is 6.92 Å². The normalized spacial score (nSPS) is 3.82. The SMILES string of the molecule is CCO.N=C=O.N=C=O.O=[PH3]. The molecule has 11 heavy (non-hydrogen) atoms. The maximum absolute atomic E-state index is 8.35. The Labute approximate surface area is 65.9 Å². The van der Waals surface area contributed by atoms with Crippen LogP contribution >= 0.6 is 9.12 Å². The first-order valence-corrected chi connectivity index (χ1v) is 2.80.